The molecular weight excluding hydrogens is 749 g/mol. The minimum atomic E-state index is -0.184. The molecule has 0 fully saturated rings. The minimum absolute atomic E-state index is 0.119. The van der Waals surface area contributed by atoms with Gasteiger partial charge in [-0.1, -0.05) is 191 Å². The van der Waals surface area contributed by atoms with E-state index in [0.717, 1.165) is 28.1 Å². The van der Waals surface area contributed by atoms with Crippen molar-refractivity contribution in [2.75, 3.05) is 0 Å². The van der Waals surface area contributed by atoms with Crippen molar-refractivity contribution in [2.45, 2.75) is 38.5 Å². The van der Waals surface area contributed by atoms with Crippen LogP contribution in [-0.2, 0) is 10.8 Å². The van der Waals surface area contributed by atoms with Gasteiger partial charge in [0.1, 0.15) is 0 Å². The lowest BCUT2D eigenvalue weighted by atomic mass is 9.81. The summed E-state index contributed by atoms with van der Waals surface area (Å²) in [6, 6.07) is 71.1. The Labute approximate surface area is 363 Å². The Morgan fingerprint density at radius 3 is 1.56 bits per heavy atom. The van der Waals surface area contributed by atoms with E-state index in [4.69, 9.17) is 9.97 Å². The van der Waals surface area contributed by atoms with Crippen LogP contribution in [-0.4, -0.2) is 9.97 Å². The lowest BCUT2D eigenvalue weighted by Gasteiger charge is -2.22. The van der Waals surface area contributed by atoms with Gasteiger partial charge in [0, 0.05) is 27.5 Å². The zero-order chi connectivity index (χ0) is 41.7. The van der Waals surface area contributed by atoms with E-state index in [1.165, 1.54) is 88.3 Å². The quantitative estimate of drug-likeness (QED) is 0.173. The molecule has 62 heavy (non-hydrogen) atoms. The maximum Gasteiger partial charge on any atom is 0.160 e. The molecule has 2 heteroatoms. The van der Waals surface area contributed by atoms with Crippen molar-refractivity contribution < 1.29 is 0 Å². The third-order valence-corrected chi connectivity index (χ3v) is 13.9. The first-order valence-electron chi connectivity index (χ1n) is 21.7. The molecule has 0 aliphatic heterocycles. The molecule has 0 N–H and O–H groups in total. The number of aromatic nitrogens is 2. The molecule has 0 radical (unpaired) electrons. The monoisotopic (exact) mass is 792 g/mol. The molecule has 2 nitrogen and oxygen atoms in total. The summed E-state index contributed by atoms with van der Waals surface area (Å²) >= 11 is 0. The molecule has 0 amide bonds. The molecule has 0 unspecified atom stereocenters. The van der Waals surface area contributed by atoms with Gasteiger partial charge in [0.25, 0.3) is 0 Å². The first-order chi connectivity index (χ1) is 30.2. The number of hydrogen-bond donors (Lipinski definition) is 0. The maximum atomic E-state index is 5.35. The van der Waals surface area contributed by atoms with Gasteiger partial charge in [0.05, 0.1) is 11.4 Å². The van der Waals surface area contributed by atoms with E-state index in [-0.39, 0.29) is 10.8 Å². The van der Waals surface area contributed by atoms with E-state index >= 15 is 0 Å². The topological polar surface area (TPSA) is 25.8 Å². The first-order valence-corrected chi connectivity index (χ1v) is 21.7. The van der Waals surface area contributed by atoms with E-state index in [1.807, 2.05) is 6.07 Å². The van der Waals surface area contributed by atoms with Crippen LogP contribution in [0.1, 0.15) is 49.9 Å². The summed E-state index contributed by atoms with van der Waals surface area (Å²) < 4.78 is 0. The fraction of sp³-hybridized carbons (Fsp3) is 0.100. The van der Waals surface area contributed by atoms with Crippen LogP contribution in [0.5, 0.6) is 0 Å². The average Bonchev–Trinajstić information content (AvgIpc) is 3.69. The van der Waals surface area contributed by atoms with E-state index in [0.29, 0.717) is 5.82 Å². The van der Waals surface area contributed by atoms with Gasteiger partial charge < -0.3 is 0 Å². The molecule has 1 heterocycles. The molecule has 9 aromatic carbocycles. The molecule has 0 saturated carbocycles. The van der Waals surface area contributed by atoms with Crippen molar-refractivity contribution in [1.29, 1.82) is 0 Å². The molecule has 294 valence electrons. The summed E-state index contributed by atoms with van der Waals surface area (Å²) in [5.41, 5.74) is 20.4. The van der Waals surface area contributed by atoms with Crippen molar-refractivity contribution in [1.82, 2.24) is 9.97 Å². The highest BCUT2D eigenvalue weighted by Gasteiger charge is 2.38. The standard InChI is InChI=1S/C60H44N2/c1-59(2)51-25-15-24-49(57(51)50-32-39-20-11-12-21-40(39)33-54(50)59)45-30-31-48(44-23-14-13-22-43(44)45)56-36-55(61-58(62-56)38-18-9-6-10-19-38)42-27-29-47-46-28-26-41(37-16-7-5-8-17-37)34-52(46)60(3,4)53(47)35-42/h5-36H,1-4H3. The molecule has 2 aliphatic rings. The van der Waals surface area contributed by atoms with E-state index in [1.54, 1.807) is 0 Å². The smallest absolute Gasteiger partial charge is 0.160 e. The number of hydrogen-bond acceptors (Lipinski definition) is 2. The number of rotatable bonds is 5. The highest BCUT2D eigenvalue weighted by Crippen LogP contribution is 2.54. The zero-order valence-electron chi connectivity index (χ0n) is 35.4. The van der Waals surface area contributed by atoms with Crippen molar-refractivity contribution in [2.24, 2.45) is 0 Å². The van der Waals surface area contributed by atoms with Gasteiger partial charge in [0.15, 0.2) is 5.82 Å². The Hall–Kier alpha value is -7.42. The van der Waals surface area contributed by atoms with Crippen LogP contribution in [0.25, 0.3) is 100.0 Å². The van der Waals surface area contributed by atoms with Crippen molar-refractivity contribution in [3.63, 3.8) is 0 Å². The fourth-order valence-electron chi connectivity index (χ4n) is 10.6. The lowest BCUT2D eigenvalue weighted by molar-refractivity contribution is 0.661. The average molecular weight is 793 g/mol. The van der Waals surface area contributed by atoms with Crippen molar-refractivity contribution >= 4 is 21.5 Å². The molecular formula is C60H44N2. The van der Waals surface area contributed by atoms with E-state index in [9.17, 15) is 0 Å². The molecule has 1 aromatic heterocycles. The van der Waals surface area contributed by atoms with Crippen LogP contribution in [0.15, 0.2) is 194 Å². The molecule has 0 saturated heterocycles. The van der Waals surface area contributed by atoms with Gasteiger partial charge in [-0.25, -0.2) is 9.97 Å². The molecule has 12 rings (SSSR count). The highest BCUT2D eigenvalue weighted by atomic mass is 14.9. The number of benzene rings is 9. The Balaban J connectivity index is 1.01. The van der Waals surface area contributed by atoms with Gasteiger partial charge in [0.2, 0.25) is 0 Å². The summed E-state index contributed by atoms with van der Waals surface area (Å²) in [5.74, 6) is 0.716. The normalized spacial score (nSPS) is 14.1. The molecule has 0 atom stereocenters. The van der Waals surface area contributed by atoms with Crippen LogP contribution in [0, 0.1) is 0 Å². The highest BCUT2D eigenvalue weighted by molar-refractivity contribution is 6.08. The largest absolute Gasteiger partial charge is 0.228 e. The molecule has 0 bridgehead atoms. The van der Waals surface area contributed by atoms with Gasteiger partial charge in [-0.3, -0.25) is 0 Å². The van der Waals surface area contributed by atoms with Crippen molar-refractivity contribution in [3.8, 4) is 78.4 Å². The second-order valence-corrected chi connectivity index (χ2v) is 18.1. The Morgan fingerprint density at radius 1 is 0.306 bits per heavy atom. The molecule has 2 aliphatic carbocycles. The van der Waals surface area contributed by atoms with Gasteiger partial charge >= 0.3 is 0 Å². The Bertz CT molecular complexity index is 3450. The van der Waals surface area contributed by atoms with Gasteiger partial charge in [-0.15, -0.1) is 0 Å². The molecule has 10 aromatic rings. The summed E-state index contributed by atoms with van der Waals surface area (Å²) in [6.07, 6.45) is 0. The van der Waals surface area contributed by atoms with Crippen LogP contribution >= 0.6 is 0 Å². The lowest BCUT2D eigenvalue weighted by Crippen LogP contribution is -2.15. The third kappa shape index (κ3) is 5.49. The maximum absolute atomic E-state index is 5.35. The fourth-order valence-corrected chi connectivity index (χ4v) is 10.6. The van der Waals surface area contributed by atoms with Crippen LogP contribution < -0.4 is 0 Å². The van der Waals surface area contributed by atoms with Gasteiger partial charge in [-0.2, -0.15) is 0 Å². The zero-order valence-corrected chi connectivity index (χ0v) is 35.4. The Morgan fingerprint density at radius 2 is 0.839 bits per heavy atom. The minimum Gasteiger partial charge on any atom is -0.228 e. The van der Waals surface area contributed by atoms with E-state index < -0.39 is 0 Å². The molecule has 0 spiro atoms. The second-order valence-electron chi connectivity index (χ2n) is 18.1. The van der Waals surface area contributed by atoms with Gasteiger partial charge in [-0.05, 0) is 119 Å². The van der Waals surface area contributed by atoms with Crippen molar-refractivity contribution in [3.05, 3.63) is 216 Å². The number of fused-ring (bicyclic) bond motifs is 8. The summed E-state index contributed by atoms with van der Waals surface area (Å²) in [4.78, 5) is 10.7. The summed E-state index contributed by atoms with van der Waals surface area (Å²) in [7, 11) is 0. The SMILES string of the molecule is CC1(C)c2cc(-c3ccccc3)ccc2-c2ccc(-c3cc(-c4ccc(-c5cccc6c5-c5cc7ccccc7cc5C6(C)C)c5ccccc45)nc(-c4ccccc4)n3)cc21. The third-order valence-electron chi connectivity index (χ3n) is 13.9. The Kier molecular flexibility index (Phi) is 7.96. The summed E-state index contributed by atoms with van der Waals surface area (Å²) in [6.45, 7) is 9.46. The van der Waals surface area contributed by atoms with Crippen LogP contribution in [0.3, 0.4) is 0 Å². The predicted molar refractivity (Wildman–Crippen MR) is 259 cm³/mol. The number of nitrogens with zero attached hydrogens (tertiary/aromatic N) is 2. The first kappa shape index (κ1) is 36.4. The van der Waals surface area contributed by atoms with Crippen LogP contribution in [0.4, 0.5) is 0 Å². The second kappa shape index (κ2) is 13.5. The predicted octanol–water partition coefficient (Wildman–Crippen LogP) is 15.7. The van der Waals surface area contributed by atoms with E-state index in [2.05, 4.69) is 216 Å². The van der Waals surface area contributed by atoms with Crippen LogP contribution in [0.2, 0.25) is 0 Å². The summed E-state index contributed by atoms with van der Waals surface area (Å²) in [5, 5.41) is 4.93.